The van der Waals surface area contributed by atoms with Gasteiger partial charge in [0.2, 0.25) is 0 Å². The van der Waals surface area contributed by atoms with Gasteiger partial charge in [-0.25, -0.2) is 0 Å². The third-order valence-electron chi connectivity index (χ3n) is 2.97. The molecule has 0 aromatic rings. The molecular formula is C10H14O3. The number of hydrogen-bond acceptors (Lipinski definition) is 3. The van der Waals surface area contributed by atoms with Crippen LogP contribution in [-0.4, -0.2) is 17.9 Å². The lowest BCUT2D eigenvalue weighted by atomic mass is 9.85. The van der Waals surface area contributed by atoms with Gasteiger partial charge in [-0.1, -0.05) is 6.92 Å². The molecule has 2 aliphatic heterocycles. The van der Waals surface area contributed by atoms with Gasteiger partial charge in [-0.2, -0.15) is 0 Å². The zero-order chi connectivity index (χ0) is 9.42. The summed E-state index contributed by atoms with van der Waals surface area (Å²) < 4.78 is 5.22. The summed E-state index contributed by atoms with van der Waals surface area (Å²) >= 11 is 0. The number of carbonyl (C=O) groups excluding carboxylic acids is 2. The van der Waals surface area contributed by atoms with E-state index in [9.17, 15) is 9.59 Å². The SMILES string of the molecule is CC1CC2CCC(=O)C(C1)C(=O)O2. The highest BCUT2D eigenvalue weighted by Crippen LogP contribution is 2.31. The predicted octanol–water partition coefficient (Wildman–Crippen LogP) is 1.31. The molecule has 2 bridgehead atoms. The first-order valence-electron chi connectivity index (χ1n) is 4.90. The Balaban J connectivity index is 2.26. The van der Waals surface area contributed by atoms with Gasteiger partial charge in [-0.15, -0.1) is 0 Å². The standard InChI is InChI=1S/C10H14O3/c1-6-4-7-2-3-9(11)8(5-6)10(12)13-7/h6-8H,2-5H2,1H3. The van der Waals surface area contributed by atoms with Crippen molar-refractivity contribution < 1.29 is 14.3 Å². The highest BCUT2D eigenvalue weighted by Gasteiger charge is 2.38. The first-order valence-corrected chi connectivity index (χ1v) is 4.90. The summed E-state index contributed by atoms with van der Waals surface area (Å²) in [6, 6.07) is 0. The molecule has 2 saturated heterocycles. The summed E-state index contributed by atoms with van der Waals surface area (Å²) in [5, 5.41) is 0. The second-order valence-corrected chi connectivity index (χ2v) is 4.19. The molecule has 0 radical (unpaired) electrons. The second kappa shape index (κ2) is 3.13. The first-order chi connectivity index (χ1) is 6.16. The second-order valence-electron chi connectivity index (χ2n) is 4.19. The van der Waals surface area contributed by atoms with E-state index >= 15 is 0 Å². The number of fused-ring (bicyclic) bond motifs is 3. The molecule has 0 aromatic carbocycles. The Bertz CT molecular complexity index is 247. The summed E-state index contributed by atoms with van der Waals surface area (Å²) in [5.41, 5.74) is 0. The number of esters is 1. The van der Waals surface area contributed by atoms with E-state index in [0.29, 0.717) is 18.8 Å². The molecule has 0 spiro atoms. The number of Topliss-reactive ketones (excluding diaryl/α,β-unsaturated/α-hetero) is 1. The normalized spacial score (nSPS) is 39.6. The summed E-state index contributed by atoms with van der Waals surface area (Å²) in [5.74, 6) is -0.218. The average molecular weight is 182 g/mol. The summed E-state index contributed by atoms with van der Waals surface area (Å²) in [6.45, 7) is 2.08. The third kappa shape index (κ3) is 1.60. The quantitative estimate of drug-likeness (QED) is 0.419. The van der Waals surface area contributed by atoms with Crippen molar-refractivity contribution in [1.29, 1.82) is 0 Å². The molecule has 0 amide bonds. The molecule has 3 unspecified atom stereocenters. The smallest absolute Gasteiger partial charge is 0.316 e. The molecule has 2 rings (SSSR count). The molecule has 3 nitrogen and oxygen atoms in total. The van der Waals surface area contributed by atoms with Crippen molar-refractivity contribution in [2.24, 2.45) is 11.8 Å². The number of ketones is 1. The van der Waals surface area contributed by atoms with Crippen LogP contribution in [0.1, 0.15) is 32.6 Å². The monoisotopic (exact) mass is 182 g/mol. The minimum Gasteiger partial charge on any atom is -0.462 e. The largest absolute Gasteiger partial charge is 0.462 e. The average Bonchev–Trinajstić information content (AvgIpc) is 2.26. The fourth-order valence-electron chi connectivity index (χ4n) is 2.26. The summed E-state index contributed by atoms with van der Waals surface area (Å²) in [4.78, 5) is 22.9. The summed E-state index contributed by atoms with van der Waals surface area (Å²) in [6.07, 6.45) is 2.86. The van der Waals surface area contributed by atoms with Crippen molar-refractivity contribution >= 4 is 11.8 Å². The lowest BCUT2D eigenvalue weighted by Crippen LogP contribution is -2.23. The third-order valence-corrected chi connectivity index (χ3v) is 2.97. The van der Waals surface area contributed by atoms with Gasteiger partial charge in [-0.3, -0.25) is 9.59 Å². The molecule has 2 fully saturated rings. The molecule has 2 aliphatic rings. The zero-order valence-electron chi connectivity index (χ0n) is 7.79. The van der Waals surface area contributed by atoms with Crippen LogP contribution < -0.4 is 0 Å². The van der Waals surface area contributed by atoms with Crippen molar-refractivity contribution in [3.8, 4) is 0 Å². The lowest BCUT2D eigenvalue weighted by molar-refractivity contribution is -0.152. The van der Waals surface area contributed by atoms with Crippen molar-refractivity contribution in [3.63, 3.8) is 0 Å². The minimum absolute atomic E-state index is 0.000972. The van der Waals surface area contributed by atoms with E-state index in [-0.39, 0.29) is 17.9 Å². The van der Waals surface area contributed by atoms with Crippen LogP contribution in [0.15, 0.2) is 0 Å². The van der Waals surface area contributed by atoms with Gasteiger partial charge < -0.3 is 4.74 Å². The first kappa shape index (κ1) is 8.73. The van der Waals surface area contributed by atoms with Crippen LogP contribution >= 0.6 is 0 Å². The number of carbonyl (C=O) groups is 2. The van der Waals surface area contributed by atoms with E-state index in [0.717, 1.165) is 12.8 Å². The summed E-state index contributed by atoms with van der Waals surface area (Å²) in [7, 11) is 0. The molecule has 3 heteroatoms. The van der Waals surface area contributed by atoms with E-state index in [2.05, 4.69) is 6.92 Å². The van der Waals surface area contributed by atoms with E-state index in [4.69, 9.17) is 4.74 Å². The van der Waals surface area contributed by atoms with Crippen molar-refractivity contribution in [2.45, 2.75) is 38.7 Å². The van der Waals surface area contributed by atoms with Crippen LogP contribution in [-0.2, 0) is 14.3 Å². The van der Waals surface area contributed by atoms with Crippen molar-refractivity contribution in [3.05, 3.63) is 0 Å². The Labute approximate surface area is 77.4 Å². The molecule has 0 saturated carbocycles. The Morgan fingerprint density at radius 1 is 1.31 bits per heavy atom. The van der Waals surface area contributed by atoms with Gasteiger partial charge in [0.25, 0.3) is 0 Å². The Kier molecular flexibility index (Phi) is 2.10. The van der Waals surface area contributed by atoms with E-state index in [1.807, 2.05) is 0 Å². The van der Waals surface area contributed by atoms with E-state index in [1.165, 1.54) is 0 Å². The molecule has 2 heterocycles. The van der Waals surface area contributed by atoms with Gasteiger partial charge in [0, 0.05) is 6.42 Å². The number of rotatable bonds is 0. The maximum atomic E-state index is 11.5. The van der Waals surface area contributed by atoms with Gasteiger partial charge in [0.1, 0.15) is 17.8 Å². The fourth-order valence-corrected chi connectivity index (χ4v) is 2.26. The van der Waals surface area contributed by atoms with Gasteiger partial charge in [-0.05, 0) is 25.2 Å². The lowest BCUT2D eigenvalue weighted by Gasteiger charge is -2.17. The Hall–Kier alpha value is -0.860. The van der Waals surface area contributed by atoms with E-state index in [1.54, 1.807) is 0 Å². The van der Waals surface area contributed by atoms with Gasteiger partial charge in [0.15, 0.2) is 0 Å². The van der Waals surface area contributed by atoms with Crippen LogP contribution in [0, 0.1) is 11.8 Å². The Morgan fingerprint density at radius 3 is 2.85 bits per heavy atom. The molecule has 0 aromatic heterocycles. The van der Waals surface area contributed by atoms with Gasteiger partial charge in [0.05, 0.1) is 0 Å². The van der Waals surface area contributed by atoms with Crippen molar-refractivity contribution in [2.75, 3.05) is 0 Å². The van der Waals surface area contributed by atoms with Gasteiger partial charge >= 0.3 is 5.97 Å². The maximum Gasteiger partial charge on any atom is 0.316 e. The Morgan fingerprint density at radius 2 is 2.08 bits per heavy atom. The predicted molar refractivity (Wildman–Crippen MR) is 46.0 cm³/mol. The van der Waals surface area contributed by atoms with Crippen LogP contribution in [0.3, 0.4) is 0 Å². The molecule has 0 N–H and O–H groups in total. The van der Waals surface area contributed by atoms with Crippen LogP contribution in [0.4, 0.5) is 0 Å². The highest BCUT2D eigenvalue weighted by atomic mass is 16.5. The molecule has 0 aliphatic carbocycles. The van der Waals surface area contributed by atoms with E-state index < -0.39 is 5.92 Å². The molecule has 13 heavy (non-hydrogen) atoms. The highest BCUT2D eigenvalue weighted by molar-refractivity contribution is 5.99. The maximum absolute atomic E-state index is 11.5. The topological polar surface area (TPSA) is 43.4 Å². The molecule has 72 valence electrons. The number of ether oxygens (including phenoxy) is 1. The van der Waals surface area contributed by atoms with Crippen molar-refractivity contribution in [1.82, 2.24) is 0 Å². The van der Waals surface area contributed by atoms with Crippen LogP contribution in [0.25, 0.3) is 0 Å². The fraction of sp³-hybridized carbons (Fsp3) is 0.800. The minimum atomic E-state index is -0.456. The zero-order valence-corrected chi connectivity index (χ0v) is 7.79. The van der Waals surface area contributed by atoms with Crippen LogP contribution in [0.2, 0.25) is 0 Å². The van der Waals surface area contributed by atoms with Crippen LogP contribution in [0.5, 0.6) is 0 Å². The number of hydrogen-bond donors (Lipinski definition) is 0. The molecule has 3 atom stereocenters. The molecular weight excluding hydrogens is 168 g/mol.